The fourth-order valence-electron chi connectivity index (χ4n) is 2.43. The lowest BCUT2D eigenvalue weighted by molar-refractivity contribution is 0.492. The predicted octanol–water partition coefficient (Wildman–Crippen LogP) is 3.99. The summed E-state index contributed by atoms with van der Waals surface area (Å²) in [6.07, 6.45) is 4.99. The second-order valence-corrected chi connectivity index (χ2v) is 7.15. The summed E-state index contributed by atoms with van der Waals surface area (Å²) < 4.78 is 1.20. The summed E-state index contributed by atoms with van der Waals surface area (Å²) in [5, 5.41) is 3.48. The molecule has 116 valence electrons. The number of likely N-dealkylation sites (tertiary alicyclic amines) is 1. The van der Waals surface area contributed by atoms with Crippen LogP contribution in [0.25, 0.3) is 0 Å². The molecule has 1 N–H and O–H groups in total. The lowest BCUT2D eigenvalue weighted by atomic mass is 10.3. The van der Waals surface area contributed by atoms with Crippen LogP contribution in [0.15, 0.2) is 38.6 Å². The Hall–Kier alpha value is -0.680. The molecule has 21 heavy (non-hydrogen) atoms. The molecule has 0 atom stereocenters. The van der Waals surface area contributed by atoms with Crippen LogP contribution in [-0.2, 0) is 0 Å². The molecule has 0 aromatic heterocycles. The van der Waals surface area contributed by atoms with E-state index in [1.807, 2.05) is 18.8 Å². The zero-order valence-corrected chi connectivity index (χ0v) is 15.0. The highest BCUT2D eigenvalue weighted by molar-refractivity contribution is 9.10. The Morgan fingerprint density at radius 1 is 1.29 bits per heavy atom. The highest BCUT2D eigenvalue weighted by Crippen LogP contribution is 2.27. The van der Waals surface area contributed by atoms with Gasteiger partial charge in [-0.2, -0.15) is 0 Å². The number of hydrogen-bond donors (Lipinski definition) is 1. The summed E-state index contributed by atoms with van der Waals surface area (Å²) in [5.41, 5.74) is 0. The van der Waals surface area contributed by atoms with Crippen LogP contribution in [0.1, 0.15) is 25.7 Å². The number of aliphatic imine (C=N–C) groups is 1. The van der Waals surface area contributed by atoms with Gasteiger partial charge < -0.3 is 10.2 Å². The highest BCUT2D eigenvalue weighted by atomic mass is 79.9. The summed E-state index contributed by atoms with van der Waals surface area (Å²) in [7, 11) is 1.88. The van der Waals surface area contributed by atoms with Crippen molar-refractivity contribution in [3.8, 4) is 0 Å². The molecule has 1 saturated heterocycles. The number of nitrogens with zero attached hydrogens (tertiary/aromatic N) is 2. The third-order valence-electron chi connectivity index (χ3n) is 3.57. The zero-order valence-electron chi connectivity index (χ0n) is 12.6. The third kappa shape index (κ3) is 5.55. The van der Waals surface area contributed by atoms with Gasteiger partial charge in [-0.1, -0.05) is 12.1 Å². The largest absolute Gasteiger partial charge is 0.356 e. The number of rotatable bonds is 6. The highest BCUT2D eigenvalue weighted by Gasteiger charge is 2.14. The molecule has 2 rings (SSSR count). The molecule has 0 aliphatic carbocycles. The Kier molecular flexibility index (Phi) is 7.44. The number of nitrogens with one attached hydrogen (secondary N) is 1. The molecule has 1 aliphatic rings. The number of guanidine groups is 1. The minimum Gasteiger partial charge on any atom is -0.356 e. The maximum atomic E-state index is 4.37. The minimum absolute atomic E-state index is 1.01. The molecule has 1 aromatic carbocycles. The summed E-state index contributed by atoms with van der Waals surface area (Å²) >= 11 is 5.51. The number of hydrogen-bond acceptors (Lipinski definition) is 2. The van der Waals surface area contributed by atoms with Crippen molar-refractivity contribution in [2.24, 2.45) is 4.99 Å². The van der Waals surface area contributed by atoms with Crippen molar-refractivity contribution in [2.75, 3.05) is 32.4 Å². The van der Waals surface area contributed by atoms with E-state index in [2.05, 4.69) is 55.4 Å². The maximum absolute atomic E-state index is 4.37. The van der Waals surface area contributed by atoms with Crippen molar-refractivity contribution in [1.29, 1.82) is 0 Å². The molecule has 1 aliphatic heterocycles. The molecule has 1 heterocycles. The standard InChI is InChI=1S/C16H24BrN3S/c1-18-16(20-11-5-6-12-20)19-10-4-7-13-21-15-9-3-2-8-14(15)17/h2-3,8-9H,4-7,10-13H2,1H3,(H,18,19). The van der Waals surface area contributed by atoms with E-state index in [4.69, 9.17) is 0 Å². The summed E-state index contributed by atoms with van der Waals surface area (Å²) in [6.45, 7) is 3.31. The van der Waals surface area contributed by atoms with Crippen molar-refractivity contribution in [3.05, 3.63) is 28.7 Å². The Morgan fingerprint density at radius 2 is 2.05 bits per heavy atom. The van der Waals surface area contributed by atoms with Crippen LogP contribution >= 0.6 is 27.7 Å². The van der Waals surface area contributed by atoms with Gasteiger partial charge in [0.2, 0.25) is 0 Å². The normalized spacial score (nSPS) is 15.5. The lowest BCUT2D eigenvalue weighted by Crippen LogP contribution is -2.39. The van der Waals surface area contributed by atoms with Gasteiger partial charge in [0.1, 0.15) is 0 Å². The maximum Gasteiger partial charge on any atom is 0.193 e. The van der Waals surface area contributed by atoms with Crippen LogP contribution in [0.5, 0.6) is 0 Å². The van der Waals surface area contributed by atoms with Gasteiger partial charge in [-0.3, -0.25) is 4.99 Å². The molecule has 0 radical (unpaired) electrons. The second kappa shape index (κ2) is 9.36. The van der Waals surface area contributed by atoms with Crippen LogP contribution < -0.4 is 5.32 Å². The summed E-state index contributed by atoms with van der Waals surface area (Å²) in [4.78, 5) is 8.06. The Balaban J connectivity index is 1.58. The van der Waals surface area contributed by atoms with Crippen LogP contribution in [0.4, 0.5) is 0 Å². The monoisotopic (exact) mass is 369 g/mol. The minimum atomic E-state index is 1.01. The van der Waals surface area contributed by atoms with Crippen molar-refractivity contribution >= 4 is 33.7 Å². The predicted molar refractivity (Wildman–Crippen MR) is 96.3 cm³/mol. The average molecular weight is 370 g/mol. The molecular formula is C16H24BrN3S. The molecule has 0 saturated carbocycles. The van der Waals surface area contributed by atoms with Crippen molar-refractivity contribution in [1.82, 2.24) is 10.2 Å². The number of thioether (sulfide) groups is 1. The fraction of sp³-hybridized carbons (Fsp3) is 0.562. The topological polar surface area (TPSA) is 27.6 Å². The lowest BCUT2D eigenvalue weighted by Gasteiger charge is -2.20. The Bertz CT molecular complexity index is 459. The molecule has 0 unspecified atom stereocenters. The van der Waals surface area contributed by atoms with Gasteiger partial charge in [0, 0.05) is 36.1 Å². The SMILES string of the molecule is CN=C(NCCCCSc1ccccc1Br)N1CCCC1. The van der Waals surface area contributed by atoms with Crippen molar-refractivity contribution in [3.63, 3.8) is 0 Å². The molecule has 5 heteroatoms. The first kappa shape index (κ1) is 16.7. The van der Waals surface area contributed by atoms with Crippen molar-refractivity contribution in [2.45, 2.75) is 30.6 Å². The van der Waals surface area contributed by atoms with Gasteiger partial charge in [-0.25, -0.2) is 0 Å². The first-order chi connectivity index (χ1) is 10.3. The van der Waals surface area contributed by atoms with E-state index in [9.17, 15) is 0 Å². The molecule has 0 bridgehead atoms. The van der Waals surface area contributed by atoms with Gasteiger partial charge >= 0.3 is 0 Å². The van der Waals surface area contributed by atoms with Gasteiger partial charge in [-0.05, 0) is 59.5 Å². The summed E-state index contributed by atoms with van der Waals surface area (Å²) in [5.74, 6) is 2.23. The summed E-state index contributed by atoms with van der Waals surface area (Å²) in [6, 6.07) is 8.42. The molecule has 1 fully saturated rings. The van der Waals surface area contributed by atoms with E-state index < -0.39 is 0 Å². The number of benzene rings is 1. The van der Waals surface area contributed by atoms with E-state index >= 15 is 0 Å². The first-order valence-corrected chi connectivity index (χ1v) is 9.42. The molecule has 0 spiro atoms. The van der Waals surface area contributed by atoms with Gasteiger partial charge in [0.15, 0.2) is 5.96 Å². The Morgan fingerprint density at radius 3 is 2.76 bits per heavy atom. The van der Waals surface area contributed by atoms with E-state index in [-0.39, 0.29) is 0 Å². The van der Waals surface area contributed by atoms with Crippen LogP contribution in [0.3, 0.4) is 0 Å². The van der Waals surface area contributed by atoms with E-state index in [0.29, 0.717) is 0 Å². The zero-order chi connectivity index (χ0) is 14.9. The second-order valence-electron chi connectivity index (χ2n) is 5.15. The average Bonchev–Trinajstić information content (AvgIpc) is 3.02. The third-order valence-corrected chi connectivity index (χ3v) is 5.68. The van der Waals surface area contributed by atoms with E-state index in [1.165, 1.54) is 35.1 Å². The number of halogens is 1. The van der Waals surface area contributed by atoms with Gasteiger partial charge in [0.25, 0.3) is 0 Å². The van der Waals surface area contributed by atoms with Gasteiger partial charge in [-0.15, -0.1) is 11.8 Å². The van der Waals surface area contributed by atoms with E-state index in [1.54, 1.807) is 0 Å². The fourth-order valence-corrected chi connectivity index (χ4v) is 4.01. The van der Waals surface area contributed by atoms with E-state index in [0.717, 1.165) is 31.3 Å². The Labute approximate surface area is 140 Å². The van der Waals surface area contributed by atoms with Crippen LogP contribution in [0.2, 0.25) is 0 Å². The van der Waals surface area contributed by atoms with Crippen LogP contribution in [-0.4, -0.2) is 43.3 Å². The molecule has 1 aromatic rings. The molecular weight excluding hydrogens is 346 g/mol. The van der Waals surface area contributed by atoms with Crippen molar-refractivity contribution < 1.29 is 0 Å². The van der Waals surface area contributed by atoms with Crippen LogP contribution in [0, 0.1) is 0 Å². The smallest absolute Gasteiger partial charge is 0.193 e. The molecule has 0 amide bonds. The van der Waals surface area contributed by atoms with Gasteiger partial charge in [0.05, 0.1) is 0 Å². The number of unbranched alkanes of at least 4 members (excludes halogenated alkanes) is 1. The first-order valence-electron chi connectivity index (χ1n) is 7.64. The quantitative estimate of drug-likeness (QED) is 0.355. The molecule has 3 nitrogen and oxygen atoms in total.